The first-order valence-electron chi connectivity index (χ1n) is 9.85. The van der Waals surface area contributed by atoms with E-state index >= 15 is 0 Å². The van der Waals surface area contributed by atoms with E-state index in [2.05, 4.69) is 0 Å². The highest BCUT2D eigenvalue weighted by atomic mass is 19.4. The molecule has 0 fully saturated rings. The Morgan fingerprint density at radius 2 is 1.74 bits per heavy atom. The summed E-state index contributed by atoms with van der Waals surface area (Å²) in [4.78, 5) is 13.7. The van der Waals surface area contributed by atoms with Gasteiger partial charge in [-0.25, -0.2) is 4.79 Å². The topological polar surface area (TPSA) is 64.8 Å². The lowest BCUT2D eigenvalue weighted by Gasteiger charge is -2.30. The monoisotopic (exact) mass is 434 g/mol. The fourth-order valence-electron chi connectivity index (χ4n) is 3.32. The fourth-order valence-corrected chi connectivity index (χ4v) is 3.32. The van der Waals surface area contributed by atoms with Gasteiger partial charge in [0.25, 0.3) is 0 Å². The average molecular weight is 434 g/mol. The Morgan fingerprint density at radius 1 is 1.06 bits per heavy atom. The van der Waals surface area contributed by atoms with Crippen molar-refractivity contribution >= 4 is 17.4 Å². The molecular weight excluding hydrogens is 409 g/mol. The van der Waals surface area contributed by atoms with Crippen LogP contribution in [0.15, 0.2) is 48.5 Å². The largest absolute Gasteiger partial charge is 0.457 e. The molecule has 0 spiro atoms. The maximum atomic E-state index is 14.1. The number of hydrogen-bond donors (Lipinski definition) is 1. The lowest BCUT2D eigenvalue weighted by molar-refractivity contribution is -0.138. The zero-order valence-electron chi connectivity index (χ0n) is 17.6. The third kappa shape index (κ3) is 5.51. The van der Waals surface area contributed by atoms with E-state index in [0.717, 1.165) is 0 Å². The van der Waals surface area contributed by atoms with Crippen LogP contribution in [0.25, 0.3) is 5.57 Å². The smallest absolute Gasteiger partial charge is 0.420 e. The minimum Gasteiger partial charge on any atom is -0.457 e. The molecule has 0 saturated heterocycles. The SMILES string of the molecule is CC(C)(C)OC(=O)N1CC=C(c2c(N)ccc(Oc3ccccc3)c2C(F)(F)F)CC1. The molecule has 0 unspecified atom stereocenters. The molecule has 2 aromatic rings. The molecule has 0 saturated carbocycles. The van der Waals surface area contributed by atoms with Gasteiger partial charge in [-0.15, -0.1) is 0 Å². The number of carbonyl (C=O) groups is 1. The van der Waals surface area contributed by atoms with E-state index < -0.39 is 23.4 Å². The molecule has 0 aliphatic carbocycles. The van der Waals surface area contributed by atoms with Gasteiger partial charge in [0.2, 0.25) is 0 Å². The molecule has 0 bridgehead atoms. The highest BCUT2D eigenvalue weighted by Crippen LogP contribution is 2.46. The van der Waals surface area contributed by atoms with Crippen LogP contribution in [-0.4, -0.2) is 29.7 Å². The highest BCUT2D eigenvalue weighted by molar-refractivity contribution is 5.81. The summed E-state index contributed by atoms with van der Waals surface area (Å²) < 4.78 is 53.2. The van der Waals surface area contributed by atoms with Gasteiger partial charge in [-0.2, -0.15) is 13.2 Å². The molecule has 31 heavy (non-hydrogen) atoms. The summed E-state index contributed by atoms with van der Waals surface area (Å²) in [5, 5.41) is 0. The number of alkyl halides is 3. The standard InChI is InChI=1S/C23H25F3N2O3/c1-22(2,3)31-21(29)28-13-11-15(12-14-28)19-17(27)9-10-18(20(19)23(24,25)26)30-16-7-5-4-6-8-16/h4-11H,12-14,27H2,1-3H3. The number of para-hydroxylation sites is 1. The van der Waals surface area contributed by atoms with Crippen LogP contribution in [0.4, 0.5) is 23.7 Å². The van der Waals surface area contributed by atoms with Crippen LogP contribution < -0.4 is 10.5 Å². The minimum atomic E-state index is -4.68. The molecule has 0 atom stereocenters. The van der Waals surface area contributed by atoms with Gasteiger partial charge in [-0.1, -0.05) is 24.3 Å². The Kier molecular flexibility index (Phi) is 6.20. The maximum Gasteiger partial charge on any atom is 0.420 e. The second kappa shape index (κ2) is 8.53. The molecule has 5 nitrogen and oxygen atoms in total. The Labute approximate surface area is 179 Å². The molecule has 2 aromatic carbocycles. The number of anilines is 1. The van der Waals surface area contributed by atoms with E-state index in [1.807, 2.05) is 0 Å². The Morgan fingerprint density at radius 3 is 2.29 bits per heavy atom. The molecule has 0 aromatic heterocycles. The van der Waals surface area contributed by atoms with Crippen LogP contribution in [0.5, 0.6) is 11.5 Å². The summed E-state index contributed by atoms with van der Waals surface area (Å²) in [7, 11) is 0. The van der Waals surface area contributed by atoms with E-state index in [1.54, 1.807) is 57.2 Å². The number of benzene rings is 2. The van der Waals surface area contributed by atoms with Crippen molar-refractivity contribution in [3.05, 3.63) is 59.7 Å². The Balaban J connectivity index is 1.96. The summed E-state index contributed by atoms with van der Waals surface area (Å²) in [6.07, 6.45) is -3.40. The van der Waals surface area contributed by atoms with Crippen molar-refractivity contribution < 1.29 is 27.4 Å². The van der Waals surface area contributed by atoms with Gasteiger partial charge < -0.3 is 20.1 Å². The lowest BCUT2D eigenvalue weighted by atomic mass is 9.92. The predicted molar refractivity (Wildman–Crippen MR) is 113 cm³/mol. The zero-order chi connectivity index (χ0) is 22.8. The van der Waals surface area contributed by atoms with Crippen molar-refractivity contribution in [3.8, 4) is 11.5 Å². The quantitative estimate of drug-likeness (QED) is 0.593. The molecule has 2 N–H and O–H groups in total. The van der Waals surface area contributed by atoms with Gasteiger partial charge in [0.05, 0.1) is 0 Å². The highest BCUT2D eigenvalue weighted by Gasteiger charge is 2.39. The number of ether oxygens (including phenoxy) is 2. The summed E-state index contributed by atoms with van der Waals surface area (Å²) in [6.45, 7) is 5.62. The van der Waals surface area contributed by atoms with Crippen LogP contribution in [-0.2, 0) is 10.9 Å². The fraction of sp³-hybridized carbons (Fsp3) is 0.348. The minimum absolute atomic E-state index is 0.00436. The molecule has 1 amide bonds. The van der Waals surface area contributed by atoms with Gasteiger partial charge in [-0.3, -0.25) is 0 Å². The third-order valence-electron chi connectivity index (χ3n) is 4.64. The number of rotatable bonds is 3. The summed E-state index contributed by atoms with van der Waals surface area (Å²) in [5.41, 5.74) is 4.73. The number of hydrogen-bond acceptors (Lipinski definition) is 4. The molecule has 1 aliphatic heterocycles. The molecule has 0 radical (unpaired) electrons. The Hall–Kier alpha value is -3.16. The van der Waals surface area contributed by atoms with Crippen molar-refractivity contribution in [2.45, 2.75) is 39.0 Å². The van der Waals surface area contributed by atoms with Crippen LogP contribution >= 0.6 is 0 Å². The van der Waals surface area contributed by atoms with Crippen LogP contribution in [0.2, 0.25) is 0 Å². The first kappa shape index (κ1) is 22.5. The van der Waals surface area contributed by atoms with Crippen LogP contribution in [0, 0.1) is 0 Å². The van der Waals surface area contributed by atoms with Crippen LogP contribution in [0.1, 0.15) is 38.3 Å². The average Bonchev–Trinajstić information content (AvgIpc) is 2.68. The van der Waals surface area contributed by atoms with Crippen molar-refractivity contribution in [3.63, 3.8) is 0 Å². The third-order valence-corrected chi connectivity index (χ3v) is 4.64. The number of halogens is 3. The number of carbonyl (C=O) groups excluding carboxylic acids is 1. The summed E-state index contributed by atoms with van der Waals surface area (Å²) >= 11 is 0. The van der Waals surface area contributed by atoms with Crippen LogP contribution in [0.3, 0.4) is 0 Å². The Bertz CT molecular complexity index is 980. The van der Waals surface area contributed by atoms with Gasteiger partial charge in [-0.05, 0) is 57.0 Å². The van der Waals surface area contributed by atoms with Gasteiger partial charge in [0, 0.05) is 24.3 Å². The molecule has 8 heteroatoms. The van der Waals surface area contributed by atoms with Crippen molar-refractivity contribution in [1.29, 1.82) is 0 Å². The molecule has 166 valence electrons. The second-order valence-electron chi connectivity index (χ2n) is 8.22. The summed E-state index contributed by atoms with van der Waals surface area (Å²) in [6, 6.07) is 10.9. The van der Waals surface area contributed by atoms with Crippen molar-refractivity contribution in [2.75, 3.05) is 18.8 Å². The van der Waals surface area contributed by atoms with E-state index in [4.69, 9.17) is 15.2 Å². The number of amides is 1. The van der Waals surface area contributed by atoms with E-state index in [-0.39, 0.29) is 42.3 Å². The van der Waals surface area contributed by atoms with Gasteiger partial charge in [0.1, 0.15) is 22.7 Å². The maximum absolute atomic E-state index is 14.1. The lowest BCUT2D eigenvalue weighted by Crippen LogP contribution is -2.39. The van der Waals surface area contributed by atoms with E-state index in [0.29, 0.717) is 5.57 Å². The predicted octanol–water partition coefficient (Wildman–Crippen LogP) is 6.10. The van der Waals surface area contributed by atoms with Gasteiger partial charge >= 0.3 is 12.3 Å². The zero-order valence-corrected chi connectivity index (χ0v) is 17.6. The molecule has 1 heterocycles. The molecular formula is C23H25F3N2O3. The summed E-state index contributed by atoms with van der Waals surface area (Å²) in [5.74, 6) is -0.0317. The van der Waals surface area contributed by atoms with E-state index in [9.17, 15) is 18.0 Å². The number of nitrogens with two attached hydrogens (primary N) is 1. The van der Waals surface area contributed by atoms with E-state index in [1.165, 1.54) is 17.0 Å². The first-order valence-corrected chi connectivity index (χ1v) is 9.85. The molecule has 1 aliphatic rings. The van der Waals surface area contributed by atoms with Crippen molar-refractivity contribution in [1.82, 2.24) is 4.90 Å². The first-order chi connectivity index (χ1) is 14.5. The van der Waals surface area contributed by atoms with Gasteiger partial charge in [0.15, 0.2) is 0 Å². The number of nitrogens with zero attached hydrogens (tertiary/aromatic N) is 1. The number of nitrogen functional groups attached to an aromatic ring is 1. The van der Waals surface area contributed by atoms with Crippen molar-refractivity contribution in [2.24, 2.45) is 0 Å². The second-order valence-corrected chi connectivity index (χ2v) is 8.22. The molecule has 3 rings (SSSR count). The normalized spacial score (nSPS) is 14.8.